The van der Waals surface area contributed by atoms with Gasteiger partial charge in [0.25, 0.3) is 0 Å². The smallest absolute Gasteiger partial charge is 0.245 e. The van der Waals surface area contributed by atoms with Crippen LogP contribution in [0.2, 0.25) is 0 Å². The van der Waals surface area contributed by atoms with Gasteiger partial charge in [0.15, 0.2) is 0 Å². The van der Waals surface area contributed by atoms with Gasteiger partial charge >= 0.3 is 0 Å². The van der Waals surface area contributed by atoms with E-state index in [1.54, 1.807) is 11.3 Å². The molecule has 1 saturated carbocycles. The first kappa shape index (κ1) is 11.1. The molecule has 1 aromatic heterocycles. The highest BCUT2D eigenvalue weighted by Crippen LogP contribution is 2.44. The molecule has 1 amide bonds. The summed E-state index contributed by atoms with van der Waals surface area (Å²) in [4.78, 5) is 13.0. The molecule has 1 aliphatic rings. The van der Waals surface area contributed by atoms with Gasteiger partial charge in [0.1, 0.15) is 0 Å². The average molecular weight is 289 g/mol. The Morgan fingerprint density at radius 2 is 2.13 bits per heavy atom. The first-order valence-corrected chi connectivity index (χ1v) is 6.57. The summed E-state index contributed by atoms with van der Waals surface area (Å²) >= 11 is 5.06. The predicted molar refractivity (Wildman–Crippen MR) is 64.5 cm³/mol. The summed E-state index contributed by atoms with van der Waals surface area (Å²) in [6, 6.07) is 4.01. The molecule has 82 valence electrons. The second kappa shape index (κ2) is 4.23. The van der Waals surface area contributed by atoms with Crippen molar-refractivity contribution >= 4 is 33.2 Å². The van der Waals surface area contributed by atoms with Gasteiger partial charge in [0.05, 0.1) is 9.20 Å². The van der Waals surface area contributed by atoms with E-state index in [9.17, 15) is 4.79 Å². The zero-order valence-electron chi connectivity index (χ0n) is 8.25. The number of hydrogen-bond donors (Lipinski definition) is 2. The third kappa shape index (κ3) is 1.84. The van der Waals surface area contributed by atoms with Crippen LogP contribution in [-0.4, -0.2) is 5.91 Å². The molecular weight excluding hydrogens is 276 g/mol. The summed E-state index contributed by atoms with van der Waals surface area (Å²) in [7, 11) is 0. The molecule has 15 heavy (non-hydrogen) atoms. The van der Waals surface area contributed by atoms with Crippen LogP contribution in [0.3, 0.4) is 0 Å². The van der Waals surface area contributed by atoms with Crippen LogP contribution >= 0.6 is 27.3 Å². The van der Waals surface area contributed by atoms with Crippen LogP contribution in [0.15, 0.2) is 15.9 Å². The van der Waals surface area contributed by atoms with E-state index in [2.05, 4.69) is 21.4 Å². The van der Waals surface area contributed by atoms with Crippen molar-refractivity contribution in [1.29, 1.82) is 0 Å². The molecule has 0 aromatic carbocycles. The Balaban J connectivity index is 2.38. The lowest BCUT2D eigenvalue weighted by Gasteiger charge is -2.25. The monoisotopic (exact) mass is 288 g/mol. The van der Waals surface area contributed by atoms with Crippen molar-refractivity contribution in [3.63, 3.8) is 0 Å². The molecule has 5 heteroatoms. The molecule has 0 radical (unpaired) electrons. The second-order valence-electron chi connectivity index (χ2n) is 3.87. The van der Waals surface area contributed by atoms with Crippen molar-refractivity contribution in [2.24, 2.45) is 5.84 Å². The molecule has 1 fully saturated rings. The minimum absolute atomic E-state index is 0.0469. The molecule has 1 aliphatic carbocycles. The third-order valence-electron chi connectivity index (χ3n) is 3.07. The van der Waals surface area contributed by atoms with Gasteiger partial charge in [-0.25, -0.2) is 5.84 Å². The lowest BCUT2D eigenvalue weighted by molar-refractivity contribution is -0.126. The molecule has 0 saturated heterocycles. The van der Waals surface area contributed by atoms with E-state index in [0.717, 1.165) is 34.3 Å². The lowest BCUT2D eigenvalue weighted by Crippen LogP contribution is -2.45. The maximum absolute atomic E-state index is 11.9. The van der Waals surface area contributed by atoms with Crippen molar-refractivity contribution in [2.45, 2.75) is 31.1 Å². The lowest BCUT2D eigenvalue weighted by atomic mass is 9.84. The summed E-state index contributed by atoms with van der Waals surface area (Å²) < 4.78 is 1.06. The molecule has 3 N–H and O–H groups in total. The Morgan fingerprint density at radius 1 is 1.47 bits per heavy atom. The largest absolute Gasteiger partial charge is 0.293 e. The van der Waals surface area contributed by atoms with E-state index in [1.165, 1.54) is 0 Å². The zero-order valence-corrected chi connectivity index (χ0v) is 10.7. The number of nitrogens with two attached hydrogens (primary N) is 1. The molecule has 2 rings (SSSR count). The highest BCUT2D eigenvalue weighted by molar-refractivity contribution is 9.11. The quantitative estimate of drug-likeness (QED) is 0.499. The number of hydrogen-bond acceptors (Lipinski definition) is 3. The van der Waals surface area contributed by atoms with Gasteiger partial charge in [-0.05, 0) is 40.9 Å². The fourth-order valence-corrected chi connectivity index (χ4v) is 3.90. The van der Waals surface area contributed by atoms with Crippen LogP contribution < -0.4 is 11.3 Å². The molecular formula is C10H13BrN2OS. The van der Waals surface area contributed by atoms with Crippen molar-refractivity contribution in [3.8, 4) is 0 Å². The van der Waals surface area contributed by atoms with Gasteiger partial charge in [-0.2, -0.15) is 0 Å². The SMILES string of the molecule is NNC(=O)C1(c2ccc(Br)s2)CCCC1. The fourth-order valence-electron chi connectivity index (χ4n) is 2.27. The number of nitrogens with one attached hydrogen (secondary N) is 1. The molecule has 0 aliphatic heterocycles. The van der Waals surface area contributed by atoms with Crippen LogP contribution in [0.1, 0.15) is 30.6 Å². The predicted octanol–water partition coefficient (Wildman–Crippen LogP) is 2.31. The average Bonchev–Trinajstić information content (AvgIpc) is 2.85. The first-order valence-electron chi connectivity index (χ1n) is 4.96. The number of rotatable bonds is 2. The summed E-state index contributed by atoms with van der Waals surface area (Å²) in [5.74, 6) is 5.23. The Hall–Kier alpha value is -0.390. The third-order valence-corrected chi connectivity index (χ3v) is 4.90. The highest BCUT2D eigenvalue weighted by atomic mass is 79.9. The normalized spacial score (nSPS) is 19.1. The highest BCUT2D eigenvalue weighted by Gasteiger charge is 2.43. The minimum atomic E-state index is -0.370. The maximum atomic E-state index is 11.9. The van der Waals surface area contributed by atoms with E-state index in [1.807, 2.05) is 12.1 Å². The number of carbonyl (C=O) groups excluding carboxylic acids is 1. The van der Waals surface area contributed by atoms with Gasteiger partial charge < -0.3 is 0 Å². The van der Waals surface area contributed by atoms with Gasteiger partial charge in [0.2, 0.25) is 5.91 Å². The van der Waals surface area contributed by atoms with E-state index in [-0.39, 0.29) is 11.3 Å². The second-order valence-corrected chi connectivity index (χ2v) is 6.33. The topological polar surface area (TPSA) is 55.1 Å². The summed E-state index contributed by atoms with van der Waals surface area (Å²) in [6.45, 7) is 0. The van der Waals surface area contributed by atoms with Crippen molar-refractivity contribution in [3.05, 3.63) is 20.8 Å². The number of thiophene rings is 1. The maximum Gasteiger partial charge on any atom is 0.245 e. The van der Waals surface area contributed by atoms with Crippen LogP contribution in [-0.2, 0) is 10.2 Å². The molecule has 0 atom stereocenters. The fraction of sp³-hybridized carbons (Fsp3) is 0.500. The molecule has 1 heterocycles. The van der Waals surface area contributed by atoms with Crippen molar-refractivity contribution in [1.82, 2.24) is 5.43 Å². The Labute approximate surface area is 101 Å². The van der Waals surface area contributed by atoms with Gasteiger partial charge in [-0.3, -0.25) is 10.2 Å². The Kier molecular flexibility index (Phi) is 3.13. The molecule has 0 spiro atoms. The summed E-state index contributed by atoms with van der Waals surface area (Å²) in [5.41, 5.74) is 1.94. The van der Waals surface area contributed by atoms with E-state index < -0.39 is 0 Å². The summed E-state index contributed by atoms with van der Waals surface area (Å²) in [6.07, 6.45) is 4.01. The van der Waals surface area contributed by atoms with E-state index in [0.29, 0.717) is 0 Å². The van der Waals surface area contributed by atoms with Crippen molar-refractivity contribution in [2.75, 3.05) is 0 Å². The van der Waals surface area contributed by atoms with Gasteiger partial charge in [-0.1, -0.05) is 12.8 Å². The Morgan fingerprint density at radius 3 is 2.60 bits per heavy atom. The number of hydrazine groups is 1. The van der Waals surface area contributed by atoms with Crippen molar-refractivity contribution < 1.29 is 4.79 Å². The van der Waals surface area contributed by atoms with Gasteiger partial charge in [-0.15, -0.1) is 11.3 Å². The standard InChI is InChI=1S/C10H13BrN2OS/c11-8-4-3-7(15-8)10(9(14)13-12)5-1-2-6-10/h3-4H,1-2,5-6,12H2,(H,13,14). The number of carbonyl (C=O) groups is 1. The zero-order chi connectivity index (χ0) is 10.9. The van der Waals surface area contributed by atoms with Crippen LogP contribution in [0.25, 0.3) is 0 Å². The van der Waals surface area contributed by atoms with E-state index >= 15 is 0 Å². The molecule has 3 nitrogen and oxygen atoms in total. The minimum Gasteiger partial charge on any atom is -0.293 e. The van der Waals surface area contributed by atoms with Crippen LogP contribution in [0, 0.1) is 0 Å². The van der Waals surface area contributed by atoms with E-state index in [4.69, 9.17) is 5.84 Å². The molecule has 1 aromatic rings. The van der Waals surface area contributed by atoms with Gasteiger partial charge in [0, 0.05) is 4.88 Å². The molecule has 0 bridgehead atoms. The first-order chi connectivity index (χ1) is 7.19. The number of halogens is 1. The Bertz CT molecular complexity index is 371. The van der Waals surface area contributed by atoms with Crippen LogP contribution in [0.4, 0.5) is 0 Å². The summed E-state index contributed by atoms with van der Waals surface area (Å²) in [5, 5.41) is 0. The molecule has 0 unspecified atom stereocenters. The number of amides is 1. The van der Waals surface area contributed by atoms with Crippen LogP contribution in [0.5, 0.6) is 0 Å².